The molecule has 19 heavy (non-hydrogen) atoms. The van der Waals surface area contributed by atoms with Gasteiger partial charge in [-0.25, -0.2) is 4.39 Å². The van der Waals surface area contributed by atoms with Crippen molar-refractivity contribution in [2.75, 3.05) is 19.5 Å². The lowest BCUT2D eigenvalue weighted by atomic mass is 10.2. The molecule has 106 valence electrons. The summed E-state index contributed by atoms with van der Waals surface area (Å²) in [6.45, 7) is 2.05. The highest BCUT2D eigenvalue weighted by Gasteiger charge is 2.14. The zero-order chi connectivity index (χ0) is 14.3. The second kappa shape index (κ2) is 8.01. The van der Waals surface area contributed by atoms with E-state index in [4.69, 9.17) is 15.2 Å². The average Bonchev–Trinajstić information content (AvgIpc) is 2.39. The van der Waals surface area contributed by atoms with Gasteiger partial charge < -0.3 is 15.2 Å². The van der Waals surface area contributed by atoms with Crippen LogP contribution < -0.4 is 10.5 Å². The van der Waals surface area contributed by atoms with Crippen molar-refractivity contribution < 1.29 is 18.7 Å². The predicted molar refractivity (Wildman–Crippen MR) is 73.7 cm³/mol. The van der Waals surface area contributed by atoms with Crippen molar-refractivity contribution in [3.8, 4) is 5.75 Å². The van der Waals surface area contributed by atoms with E-state index in [1.807, 2.05) is 0 Å². The Labute approximate surface area is 116 Å². The van der Waals surface area contributed by atoms with Gasteiger partial charge in [0, 0.05) is 11.5 Å². The van der Waals surface area contributed by atoms with Crippen LogP contribution in [0.4, 0.5) is 4.39 Å². The van der Waals surface area contributed by atoms with Crippen LogP contribution in [0, 0.1) is 5.82 Å². The smallest absolute Gasteiger partial charge is 0.323 e. The number of hydrogen-bond acceptors (Lipinski definition) is 5. The Bertz CT molecular complexity index is 428. The Kier molecular flexibility index (Phi) is 6.66. The largest absolute Gasteiger partial charge is 0.494 e. The minimum atomic E-state index is -0.645. The fraction of sp³-hybridized carbons (Fsp3) is 0.462. The molecule has 1 aromatic carbocycles. The third-order valence-corrected chi connectivity index (χ3v) is 3.50. The number of benzene rings is 1. The number of carbonyl (C=O) groups is 1. The lowest BCUT2D eigenvalue weighted by Crippen LogP contribution is -2.34. The maximum absolute atomic E-state index is 13.4. The lowest BCUT2D eigenvalue weighted by molar-refractivity contribution is -0.144. The molecular formula is C13H18FNO3S. The first-order chi connectivity index (χ1) is 9.08. The first kappa shape index (κ1) is 15.8. The zero-order valence-electron chi connectivity index (χ0n) is 11.0. The number of nitrogens with two attached hydrogens (primary N) is 1. The molecule has 0 saturated carbocycles. The Morgan fingerprint density at radius 3 is 2.84 bits per heavy atom. The van der Waals surface area contributed by atoms with Crippen LogP contribution in [0.3, 0.4) is 0 Å². The standard InChI is InChI=1S/C13H18FNO3S/c1-3-18-13(16)11(15)8-19-7-9-4-5-12(17-2)10(14)6-9/h4-6,11H,3,7-8,15H2,1-2H3. The highest BCUT2D eigenvalue weighted by molar-refractivity contribution is 7.98. The molecule has 0 saturated heterocycles. The zero-order valence-corrected chi connectivity index (χ0v) is 11.8. The van der Waals surface area contributed by atoms with Gasteiger partial charge in [0.15, 0.2) is 11.6 Å². The van der Waals surface area contributed by atoms with Crippen LogP contribution in [-0.4, -0.2) is 31.5 Å². The van der Waals surface area contributed by atoms with Crippen molar-refractivity contribution in [1.29, 1.82) is 0 Å². The predicted octanol–water partition coefficient (Wildman–Crippen LogP) is 1.96. The molecule has 0 amide bonds. The molecule has 0 radical (unpaired) electrons. The van der Waals surface area contributed by atoms with Crippen molar-refractivity contribution in [2.45, 2.75) is 18.7 Å². The minimum absolute atomic E-state index is 0.219. The van der Waals surface area contributed by atoms with Crippen molar-refractivity contribution in [3.05, 3.63) is 29.6 Å². The van der Waals surface area contributed by atoms with Crippen molar-refractivity contribution in [3.63, 3.8) is 0 Å². The number of rotatable bonds is 7. The Balaban J connectivity index is 2.41. The summed E-state index contributed by atoms with van der Waals surface area (Å²) in [6, 6.07) is 4.14. The summed E-state index contributed by atoms with van der Waals surface area (Å²) < 4.78 is 23.1. The van der Waals surface area contributed by atoms with E-state index in [0.29, 0.717) is 18.1 Å². The molecule has 6 heteroatoms. The number of thioether (sulfide) groups is 1. The van der Waals surface area contributed by atoms with E-state index >= 15 is 0 Å². The summed E-state index contributed by atoms with van der Waals surface area (Å²) in [6.07, 6.45) is 0. The van der Waals surface area contributed by atoms with Gasteiger partial charge in [0.2, 0.25) is 0 Å². The SMILES string of the molecule is CCOC(=O)C(N)CSCc1ccc(OC)c(F)c1. The number of methoxy groups -OCH3 is 1. The van der Waals surface area contributed by atoms with E-state index in [2.05, 4.69) is 0 Å². The summed E-state index contributed by atoms with van der Waals surface area (Å²) in [5.74, 6) is 0.434. The number of carbonyl (C=O) groups excluding carboxylic acids is 1. The van der Waals surface area contributed by atoms with E-state index in [1.165, 1.54) is 24.9 Å². The molecule has 4 nitrogen and oxygen atoms in total. The van der Waals surface area contributed by atoms with Gasteiger partial charge in [0.05, 0.1) is 13.7 Å². The monoisotopic (exact) mass is 287 g/mol. The van der Waals surface area contributed by atoms with E-state index in [9.17, 15) is 9.18 Å². The van der Waals surface area contributed by atoms with Crippen molar-refractivity contribution in [2.24, 2.45) is 5.73 Å². The van der Waals surface area contributed by atoms with Crippen LogP contribution in [0.5, 0.6) is 5.75 Å². The minimum Gasteiger partial charge on any atom is -0.494 e. The summed E-state index contributed by atoms with van der Waals surface area (Å²) in [5, 5.41) is 0. The lowest BCUT2D eigenvalue weighted by Gasteiger charge is -2.10. The highest BCUT2D eigenvalue weighted by atomic mass is 32.2. The molecule has 1 atom stereocenters. The van der Waals surface area contributed by atoms with E-state index in [1.54, 1.807) is 19.1 Å². The molecule has 0 heterocycles. The first-order valence-electron chi connectivity index (χ1n) is 5.90. The van der Waals surface area contributed by atoms with Gasteiger partial charge >= 0.3 is 5.97 Å². The maximum Gasteiger partial charge on any atom is 0.323 e. The average molecular weight is 287 g/mol. The topological polar surface area (TPSA) is 61.5 Å². The molecule has 0 aliphatic heterocycles. The van der Waals surface area contributed by atoms with Gasteiger partial charge in [0.25, 0.3) is 0 Å². The van der Waals surface area contributed by atoms with Crippen LogP contribution in [0.2, 0.25) is 0 Å². The summed E-state index contributed by atoms with van der Waals surface area (Å²) in [7, 11) is 1.42. The number of hydrogen-bond donors (Lipinski definition) is 1. The van der Waals surface area contributed by atoms with E-state index in [0.717, 1.165) is 5.56 Å². The number of ether oxygens (including phenoxy) is 2. The fourth-order valence-electron chi connectivity index (χ4n) is 1.42. The fourth-order valence-corrected chi connectivity index (χ4v) is 2.34. The molecule has 0 aromatic heterocycles. The van der Waals surface area contributed by atoms with Crippen LogP contribution in [0.1, 0.15) is 12.5 Å². The van der Waals surface area contributed by atoms with Gasteiger partial charge in [-0.15, -0.1) is 0 Å². The van der Waals surface area contributed by atoms with Crippen LogP contribution in [0.15, 0.2) is 18.2 Å². The van der Waals surface area contributed by atoms with Gasteiger partial charge in [-0.3, -0.25) is 4.79 Å². The molecule has 0 aliphatic carbocycles. The third kappa shape index (κ3) is 5.08. The van der Waals surface area contributed by atoms with Gasteiger partial charge in [-0.2, -0.15) is 11.8 Å². The molecule has 1 unspecified atom stereocenters. The maximum atomic E-state index is 13.4. The van der Waals surface area contributed by atoms with E-state index < -0.39 is 17.8 Å². The molecule has 1 rings (SSSR count). The molecule has 0 spiro atoms. The van der Waals surface area contributed by atoms with Crippen LogP contribution in [0.25, 0.3) is 0 Å². The Morgan fingerprint density at radius 2 is 2.26 bits per heavy atom. The molecule has 0 fully saturated rings. The summed E-state index contributed by atoms with van der Waals surface area (Å²) in [5.41, 5.74) is 6.47. The molecule has 2 N–H and O–H groups in total. The molecule has 0 bridgehead atoms. The quantitative estimate of drug-likeness (QED) is 0.777. The van der Waals surface area contributed by atoms with Crippen molar-refractivity contribution in [1.82, 2.24) is 0 Å². The van der Waals surface area contributed by atoms with Crippen LogP contribution in [-0.2, 0) is 15.3 Å². The third-order valence-electron chi connectivity index (χ3n) is 2.37. The number of halogens is 1. The molecule has 0 aliphatic rings. The Morgan fingerprint density at radius 1 is 1.53 bits per heavy atom. The second-order valence-electron chi connectivity index (χ2n) is 3.84. The van der Waals surface area contributed by atoms with Gasteiger partial charge in [-0.05, 0) is 24.6 Å². The van der Waals surface area contributed by atoms with Crippen molar-refractivity contribution >= 4 is 17.7 Å². The summed E-state index contributed by atoms with van der Waals surface area (Å²) in [4.78, 5) is 11.3. The molecule has 1 aromatic rings. The first-order valence-corrected chi connectivity index (χ1v) is 7.06. The van der Waals surface area contributed by atoms with Gasteiger partial charge in [-0.1, -0.05) is 6.07 Å². The molecular weight excluding hydrogens is 269 g/mol. The van der Waals surface area contributed by atoms with Gasteiger partial charge in [0.1, 0.15) is 6.04 Å². The van der Waals surface area contributed by atoms with Crippen LogP contribution >= 0.6 is 11.8 Å². The highest BCUT2D eigenvalue weighted by Crippen LogP contribution is 2.21. The Hall–Kier alpha value is -1.27. The number of esters is 1. The summed E-state index contributed by atoms with van der Waals surface area (Å²) >= 11 is 1.46. The normalized spacial score (nSPS) is 12.0. The second-order valence-corrected chi connectivity index (χ2v) is 4.87. The van der Waals surface area contributed by atoms with E-state index in [-0.39, 0.29) is 5.75 Å².